The van der Waals surface area contributed by atoms with Gasteiger partial charge >= 0.3 is 23.9 Å². The molecule has 0 amide bonds. The average molecular weight is 473 g/mol. The lowest BCUT2D eigenvalue weighted by atomic mass is 9.95. The maximum absolute atomic E-state index is 11.6. The molecule has 10 nitrogen and oxygen atoms in total. The molecule has 0 radical (unpaired) electrons. The van der Waals surface area contributed by atoms with E-state index in [2.05, 4.69) is 0 Å². The molecule has 0 rings (SSSR count). The largest absolute Gasteiger partial charge is 0.481 e. The number of rotatable bonds is 21. The second-order valence-corrected chi connectivity index (χ2v) is 8.25. The predicted octanol–water partition coefficient (Wildman–Crippen LogP) is 2.63. The Bertz CT molecular complexity index is 650. The van der Waals surface area contributed by atoms with E-state index >= 15 is 0 Å². The lowest BCUT2D eigenvalue weighted by Gasteiger charge is -2.26. The van der Waals surface area contributed by atoms with E-state index in [1.165, 1.54) is 0 Å². The lowest BCUT2D eigenvalue weighted by molar-refractivity contribution is -0.140. The SMILES string of the molecule is CCCC(/C=C(/CCCCC(=O)O)CCN(CCN(CCC)CC(=O)O)CC(=O)O)C(=O)O. The topological polar surface area (TPSA) is 156 Å². The van der Waals surface area contributed by atoms with Crippen molar-refractivity contribution >= 4 is 23.9 Å². The fourth-order valence-corrected chi connectivity index (χ4v) is 3.62. The zero-order valence-electron chi connectivity index (χ0n) is 19.9. The van der Waals surface area contributed by atoms with Gasteiger partial charge in [0.1, 0.15) is 0 Å². The fraction of sp³-hybridized carbons (Fsp3) is 0.739. The maximum atomic E-state index is 11.6. The van der Waals surface area contributed by atoms with Gasteiger partial charge in [-0.1, -0.05) is 31.9 Å². The van der Waals surface area contributed by atoms with E-state index in [-0.39, 0.29) is 19.5 Å². The molecule has 0 saturated heterocycles. The monoisotopic (exact) mass is 472 g/mol. The van der Waals surface area contributed by atoms with Crippen LogP contribution in [0.15, 0.2) is 11.6 Å². The first-order chi connectivity index (χ1) is 15.6. The summed E-state index contributed by atoms with van der Waals surface area (Å²) >= 11 is 0. The van der Waals surface area contributed by atoms with Gasteiger partial charge in [-0.05, 0) is 45.1 Å². The highest BCUT2D eigenvalue weighted by Gasteiger charge is 2.17. The molecule has 0 aromatic carbocycles. The molecule has 33 heavy (non-hydrogen) atoms. The summed E-state index contributed by atoms with van der Waals surface area (Å²) < 4.78 is 0. The quantitative estimate of drug-likeness (QED) is 0.145. The summed E-state index contributed by atoms with van der Waals surface area (Å²) in [5.74, 6) is -4.34. The second-order valence-electron chi connectivity index (χ2n) is 8.25. The minimum Gasteiger partial charge on any atom is -0.481 e. The third kappa shape index (κ3) is 16.8. The number of carboxylic acid groups (broad SMARTS) is 4. The average Bonchev–Trinajstić information content (AvgIpc) is 2.71. The first-order valence-electron chi connectivity index (χ1n) is 11.6. The zero-order chi connectivity index (χ0) is 25.2. The van der Waals surface area contributed by atoms with Crippen LogP contribution in [0.4, 0.5) is 0 Å². The van der Waals surface area contributed by atoms with Gasteiger partial charge in [0, 0.05) is 26.1 Å². The van der Waals surface area contributed by atoms with Crippen molar-refractivity contribution in [1.29, 1.82) is 0 Å². The van der Waals surface area contributed by atoms with Gasteiger partial charge in [-0.25, -0.2) is 0 Å². The normalized spacial score (nSPS) is 12.8. The lowest BCUT2D eigenvalue weighted by Crippen LogP contribution is -2.40. The summed E-state index contributed by atoms with van der Waals surface area (Å²) in [4.78, 5) is 48.2. The van der Waals surface area contributed by atoms with Crippen molar-refractivity contribution in [3.8, 4) is 0 Å². The van der Waals surface area contributed by atoms with E-state index in [1.807, 2.05) is 13.8 Å². The van der Waals surface area contributed by atoms with Crippen LogP contribution in [0.2, 0.25) is 0 Å². The van der Waals surface area contributed by atoms with Crippen LogP contribution in [0.5, 0.6) is 0 Å². The smallest absolute Gasteiger partial charge is 0.317 e. The summed E-state index contributed by atoms with van der Waals surface area (Å²) in [6.07, 6.45) is 5.89. The van der Waals surface area contributed by atoms with E-state index in [0.717, 1.165) is 12.0 Å². The van der Waals surface area contributed by atoms with Gasteiger partial charge in [-0.2, -0.15) is 0 Å². The molecule has 0 aliphatic rings. The summed E-state index contributed by atoms with van der Waals surface area (Å²) in [7, 11) is 0. The number of nitrogens with zero attached hydrogens (tertiary/aromatic N) is 2. The Labute approximate surface area is 195 Å². The highest BCUT2D eigenvalue weighted by Crippen LogP contribution is 2.19. The zero-order valence-corrected chi connectivity index (χ0v) is 19.9. The molecule has 0 saturated carbocycles. The van der Waals surface area contributed by atoms with E-state index < -0.39 is 29.8 Å². The standard InChI is InChI=1S/C23H40N2O8/c1-3-7-19(23(32)33)15-18(8-5-6-9-20(26)27)10-12-25(17-22(30)31)14-13-24(11-4-2)16-21(28)29/h15,19H,3-14,16-17H2,1-2H3,(H,26,27)(H,28,29)(H,30,31)(H,32,33)/b18-15-. The Morgan fingerprint density at radius 3 is 1.70 bits per heavy atom. The minimum absolute atomic E-state index is 0.0482. The minimum atomic E-state index is -0.989. The van der Waals surface area contributed by atoms with Gasteiger partial charge in [0.25, 0.3) is 0 Å². The van der Waals surface area contributed by atoms with Crippen molar-refractivity contribution < 1.29 is 39.6 Å². The molecule has 0 fully saturated rings. The van der Waals surface area contributed by atoms with Crippen molar-refractivity contribution in [2.24, 2.45) is 5.92 Å². The molecule has 0 bridgehead atoms. The van der Waals surface area contributed by atoms with Crippen molar-refractivity contribution in [2.75, 3.05) is 39.3 Å². The van der Waals surface area contributed by atoms with E-state index in [4.69, 9.17) is 10.2 Å². The van der Waals surface area contributed by atoms with Gasteiger partial charge in [0.05, 0.1) is 19.0 Å². The molecule has 190 valence electrons. The van der Waals surface area contributed by atoms with Gasteiger partial charge in [-0.15, -0.1) is 0 Å². The predicted molar refractivity (Wildman–Crippen MR) is 123 cm³/mol. The van der Waals surface area contributed by atoms with Crippen LogP contribution in [0.3, 0.4) is 0 Å². The Kier molecular flexibility index (Phi) is 16.7. The van der Waals surface area contributed by atoms with Gasteiger partial charge in [-0.3, -0.25) is 29.0 Å². The number of carbonyl (C=O) groups is 4. The van der Waals surface area contributed by atoms with Crippen LogP contribution in [0.25, 0.3) is 0 Å². The van der Waals surface area contributed by atoms with Crippen molar-refractivity contribution in [3.63, 3.8) is 0 Å². The number of hydrogen-bond acceptors (Lipinski definition) is 6. The number of carboxylic acids is 4. The molecular formula is C23H40N2O8. The Morgan fingerprint density at radius 2 is 1.24 bits per heavy atom. The van der Waals surface area contributed by atoms with E-state index in [0.29, 0.717) is 64.7 Å². The Morgan fingerprint density at radius 1 is 0.697 bits per heavy atom. The fourth-order valence-electron chi connectivity index (χ4n) is 3.62. The van der Waals surface area contributed by atoms with Crippen molar-refractivity contribution in [2.45, 2.75) is 65.2 Å². The van der Waals surface area contributed by atoms with Crippen LogP contribution in [0, 0.1) is 5.92 Å². The van der Waals surface area contributed by atoms with Gasteiger partial charge in [0.2, 0.25) is 0 Å². The van der Waals surface area contributed by atoms with Crippen molar-refractivity contribution in [1.82, 2.24) is 9.80 Å². The molecule has 0 aromatic rings. The molecule has 1 unspecified atom stereocenters. The first kappa shape index (κ1) is 30.5. The number of aliphatic carboxylic acids is 4. The molecule has 10 heteroatoms. The first-order valence-corrected chi connectivity index (χ1v) is 11.6. The molecular weight excluding hydrogens is 432 g/mol. The maximum Gasteiger partial charge on any atom is 0.317 e. The van der Waals surface area contributed by atoms with Gasteiger partial charge < -0.3 is 20.4 Å². The third-order valence-electron chi connectivity index (χ3n) is 5.23. The van der Waals surface area contributed by atoms with Crippen LogP contribution < -0.4 is 0 Å². The second kappa shape index (κ2) is 18.0. The molecule has 0 aromatic heterocycles. The molecule has 1 atom stereocenters. The van der Waals surface area contributed by atoms with Crippen LogP contribution >= 0.6 is 0 Å². The van der Waals surface area contributed by atoms with Crippen LogP contribution in [-0.2, 0) is 19.2 Å². The highest BCUT2D eigenvalue weighted by molar-refractivity contribution is 5.72. The van der Waals surface area contributed by atoms with Crippen LogP contribution in [-0.4, -0.2) is 93.4 Å². The Hall–Kier alpha value is -2.46. The molecule has 0 aliphatic carbocycles. The number of unbranched alkanes of at least 4 members (excludes halogenated alkanes) is 1. The number of hydrogen-bond donors (Lipinski definition) is 4. The Balaban J connectivity index is 5.24. The molecule has 0 heterocycles. The van der Waals surface area contributed by atoms with E-state index in [9.17, 15) is 29.4 Å². The molecule has 4 N–H and O–H groups in total. The molecule has 0 spiro atoms. The van der Waals surface area contributed by atoms with E-state index in [1.54, 1.807) is 15.9 Å². The van der Waals surface area contributed by atoms with Crippen molar-refractivity contribution in [3.05, 3.63) is 11.6 Å². The summed E-state index contributed by atoms with van der Waals surface area (Å²) in [6.45, 7) is 5.33. The van der Waals surface area contributed by atoms with Gasteiger partial charge in [0.15, 0.2) is 0 Å². The summed E-state index contributed by atoms with van der Waals surface area (Å²) in [6, 6.07) is 0. The summed E-state index contributed by atoms with van der Waals surface area (Å²) in [5, 5.41) is 36.7. The summed E-state index contributed by atoms with van der Waals surface area (Å²) in [5.41, 5.74) is 0.882. The molecule has 0 aliphatic heterocycles. The third-order valence-corrected chi connectivity index (χ3v) is 5.23. The highest BCUT2D eigenvalue weighted by atomic mass is 16.4. The van der Waals surface area contributed by atoms with Crippen LogP contribution in [0.1, 0.15) is 65.2 Å².